The van der Waals surface area contributed by atoms with E-state index in [4.69, 9.17) is 5.73 Å². The molecule has 0 radical (unpaired) electrons. The lowest BCUT2D eigenvalue weighted by Gasteiger charge is -2.38. The average Bonchev–Trinajstić information content (AvgIpc) is 2.77. The molecule has 2 rings (SSSR count). The number of nitrogens with zero attached hydrogens (tertiary/aromatic N) is 1. The van der Waals surface area contributed by atoms with Gasteiger partial charge in [-0.1, -0.05) is 12.8 Å². The largest absolute Gasteiger partial charge is 0.393 e. The van der Waals surface area contributed by atoms with Gasteiger partial charge in [0.15, 0.2) is 0 Å². The van der Waals surface area contributed by atoms with E-state index in [1.165, 1.54) is 6.42 Å². The van der Waals surface area contributed by atoms with Gasteiger partial charge in [0.25, 0.3) is 0 Å². The maximum absolute atomic E-state index is 11.3. The summed E-state index contributed by atoms with van der Waals surface area (Å²) in [5, 5.41) is 10.1. The molecule has 2 aliphatic rings. The van der Waals surface area contributed by atoms with Gasteiger partial charge in [0.05, 0.1) is 12.1 Å². The fourth-order valence-electron chi connectivity index (χ4n) is 3.51. The SMILES string of the molecule is CC(C(N)=O)N1CCCC1C1CCCCC1O. The van der Waals surface area contributed by atoms with Crippen LogP contribution in [0.2, 0.25) is 0 Å². The second-order valence-corrected chi connectivity index (χ2v) is 5.54. The fraction of sp³-hybridized carbons (Fsp3) is 0.923. The van der Waals surface area contributed by atoms with Gasteiger partial charge in [-0.3, -0.25) is 9.69 Å². The highest BCUT2D eigenvalue weighted by atomic mass is 16.3. The number of rotatable bonds is 3. The molecular formula is C13H24N2O2. The number of likely N-dealkylation sites (tertiary alicyclic amines) is 1. The Kier molecular flexibility index (Phi) is 4.05. The average molecular weight is 240 g/mol. The van der Waals surface area contributed by atoms with Gasteiger partial charge < -0.3 is 10.8 Å². The van der Waals surface area contributed by atoms with Crippen molar-refractivity contribution >= 4 is 5.91 Å². The molecule has 98 valence electrons. The maximum atomic E-state index is 11.3. The standard InChI is InChI=1S/C13H24N2O2/c1-9(13(14)17)15-8-4-6-11(15)10-5-2-3-7-12(10)16/h9-12,16H,2-8H2,1H3,(H2,14,17). The molecule has 4 heteroatoms. The Morgan fingerprint density at radius 3 is 2.65 bits per heavy atom. The van der Waals surface area contributed by atoms with E-state index >= 15 is 0 Å². The lowest BCUT2D eigenvalue weighted by Crippen LogP contribution is -2.50. The second-order valence-electron chi connectivity index (χ2n) is 5.54. The molecule has 2 fully saturated rings. The van der Waals surface area contributed by atoms with E-state index in [2.05, 4.69) is 4.90 Å². The van der Waals surface area contributed by atoms with E-state index in [9.17, 15) is 9.90 Å². The minimum Gasteiger partial charge on any atom is -0.393 e. The van der Waals surface area contributed by atoms with Crippen LogP contribution in [0.1, 0.15) is 45.4 Å². The zero-order valence-corrected chi connectivity index (χ0v) is 10.6. The Balaban J connectivity index is 2.05. The molecule has 1 amide bonds. The van der Waals surface area contributed by atoms with E-state index < -0.39 is 0 Å². The van der Waals surface area contributed by atoms with Gasteiger partial charge in [-0.05, 0) is 39.2 Å². The van der Waals surface area contributed by atoms with Crippen LogP contribution in [0.5, 0.6) is 0 Å². The smallest absolute Gasteiger partial charge is 0.234 e. The normalized spacial score (nSPS) is 36.9. The number of amides is 1. The number of carbonyl (C=O) groups is 1. The van der Waals surface area contributed by atoms with Gasteiger partial charge in [-0.2, -0.15) is 0 Å². The predicted octanol–water partition coefficient (Wildman–Crippen LogP) is 0.876. The van der Waals surface area contributed by atoms with Gasteiger partial charge in [0, 0.05) is 12.0 Å². The molecule has 1 saturated carbocycles. The number of hydrogen-bond donors (Lipinski definition) is 2. The first-order valence-electron chi connectivity index (χ1n) is 6.84. The molecule has 1 aliphatic heterocycles. The van der Waals surface area contributed by atoms with Crippen LogP contribution in [-0.2, 0) is 4.79 Å². The Labute approximate surface area is 103 Å². The van der Waals surface area contributed by atoms with Crippen molar-refractivity contribution in [3.63, 3.8) is 0 Å². The molecule has 0 bridgehead atoms. The summed E-state index contributed by atoms with van der Waals surface area (Å²) >= 11 is 0. The van der Waals surface area contributed by atoms with E-state index in [1.54, 1.807) is 0 Å². The molecule has 3 N–H and O–H groups in total. The monoisotopic (exact) mass is 240 g/mol. The highest BCUT2D eigenvalue weighted by Crippen LogP contribution is 2.35. The molecule has 0 aromatic heterocycles. The van der Waals surface area contributed by atoms with Crippen molar-refractivity contribution in [1.82, 2.24) is 4.90 Å². The van der Waals surface area contributed by atoms with Gasteiger partial charge >= 0.3 is 0 Å². The lowest BCUT2D eigenvalue weighted by atomic mass is 9.80. The second kappa shape index (κ2) is 5.36. The number of aliphatic hydroxyl groups is 1. The van der Waals surface area contributed by atoms with Crippen molar-refractivity contribution in [2.24, 2.45) is 11.7 Å². The highest BCUT2D eigenvalue weighted by molar-refractivity contribution is 5.79. The van der Waals surface area contributed by atoms with Crippen LogP contribution in [-0.4, -0.2) is 40.6 Å². The number of nitrogens with two attached hydrogens (primary N) is 1. The Morgan fingerprint density at radius 2 is 2.00 bits per heavy atom. The van der Waals surface area contributed by atoms with Crippen LogP contribution >= 0.6 is 0 Å². The topological polar surface area (TPSA) is 66.6 Å². The van der Waals surface area contributed by atoms with Crippen LogP contribution in [0.3, 0.4) is 0 Å². The van der Waals surface area contributed by atoms with E-state index in [0.717, 1.165) is 38.6 Å². The number of carbonyl (C=O) groups excluding carboxylic acids is 1. The maximum Gasteiger partial charge on any atom is 0.234 e. The molecular weight excluding hydrogens is 216 g/mol. The Bertz CT molecular complexity index is 283. The van der Waals surface area contributed by atoms with E-state index in [0.29, 0.717) is 12.0 Å². The first kappa shape index (κ1) is 12.8. The molecule has 1 heterocycles. The van der Waals surface area contributed by atoms with Crippen molar-refractivity contribution < 1.29 is 9.90 Å². The third-order valence-electron chi connectivity index (χ3n) is 4.53. The van der Waals surface area contributed by atoms with Gasteiger partial charge in [-0.25, -0.2) is 0 Å². The summed E-state index contributed by atoms with van der Waals surface area (Å²) in [6.45, 7) is 2.83. The third kappa shape index (κ3) is 2.63. The van der Waals surface area contributed by atoms with Crippen molar-refractivity contribution in [3.8, 4) is 0 Å². The molecule has 0 spiro atoms. The first-order valence-corrected chi connectivity index (χ1v) is 6.84. The van der Waals surface area contributed by atoms with Crippen LogP contribution in [0.4, 0.5) is 0 Å². The lowest BCUT2D eigenvalue weighted by molar-refractivity contribution is -0.124. The van der Waals surface area contributed by atoms with Crippen LogP contribution in [0, 0.1) is 5.92 Å². The van der Waals surface area contributed by atoms with Crippen molar-refractivity contribution in [2.45, 2.75) is 63.6 Å². The van der Waals surface area contributed by atoms with Crippen LogP contribution in [0.15, 0.2) is 0 Å². The quantitative estimate of drug-likeness (QED) is 0.769. The molecule has 4 atom stereocenters. The van der Waals surface area contributed by atoms with Gasteiger partial charge in [0.2, 0.25) is 5.91 Å². The van der Waals surface area contributed by atoms with E-state index in [1.807, 2.05) is 6.92 Å². The number of primary amides is 1. The van der Waals surface area contributed by atoms with Crippen molar-refractivity contribution in [3.05, 3.63) is 0 Å². The van der Waals surface area contributed by atoms with E-state index in [-0.39, 0.29) is 18.1 Å². The van der Waals surface area contributed by atoms with Gasteiger partial charge in [-0.15, -0.1) is 0 Å². The Morgan fingerprint density at radius 1 is 1.29 bits per heavy atom. The summed E-state index contributed by atoms with van der Waals surface area (Å²) in [5.41, 5.74) is 5.40. The third-order valence-corrected chi connectivity index (χ3v) is 4.53. The summed E-state index contributed by atoms with van der Waals surface area (Å²) in [6, 6.07) is 0.157. The highest BCUT2D eigenvalue weighted by Gasteiger charge is 2.39. The fourth-order valence-corrected chi connectivity index (χ4v) is 3.51. The van der Waals surface area contributed by atoms with Crippen LogP contribution < -0.4 is 5.73 Å². The van der Waals surface area contributed by atoms with Gasteiger partial charge in [0.1, 0.15) is 0 Å². The number of aliphatic hydroxyl groups excluding tert-OH is 1. The molecule has 17 heavy (non-hydrogen) atoms. The van der Waals surface area contributed by atoms with Crippen LogP contribution in [0.25, 0.3) is 0 Å². The Hall–Kier alpha value is -0.610. The molecule has 1 aliphatic carbocycles. The van der Waals surface area contributed by atoms with Crippen molar-refractivity contribution in [2.75, 3.05) is 6.54 Å². The number of hydrogen-bond acceptors (Lipinski definition) is 3. The minimum absolute atomic E-state index is 0.186. The molecule has 0 aromatic rings. The molecule has 1 saturated heterocycles. The van der Waals surface area contributed by atoms with Crippen molar-refractivity contribution in [1.29, 1.82) is 0 Å². The zero-order chi connectivity index (χ0) is 12.4. The summed E-state index contributed by atoms with van der Waals surface area (Å²) in [6.07, 6.45) is 6.38. The molecule has 0 aromatic carbocycles. The molecule has 4 nitrogen and oxygen atoms in total. The summed E-state index contributed by atoms with van der Waals surface area (Å²) in [4.78, 5) is 13.5. The summed E-state index contributed by atoms with van der Waals surface area (Å²) in [7, 11) is 0. The zero-order valence-electron chi connectivity index (χ0n) is 10.6. The first-order chi connectivity index (χ1) is 8.11. The summed E-state index contributed by atoms with van der Waals surface area (Å²) in [5.74, 6) is 0.0928. The predicted molar refractivity (Wildman–Crippen MR) is 66.3 cm³/mol. The molecule has 4 unspecified atom stereocenters. The minimum atomic E-state index is -0.248. The summed E-state index contributed by atoms with van der Waals surface area (Å²) < 4.78 is 0.